The predicted molar refractivity (Wildman–Crippen MR) is 82.3 cm³/mol. The maximum absolute atomic E-state index is 12.2. The Morgan fingerprint density at radius 3 is 2.30 bits per heavy atom. The Morgan fingerprint density at radius 1 is 1.10 bits per heavy atom. The minimum Gasteiger partial charge on any atom is -0.505 e. The molecule has 2 N–H and O–H groups in total. The van der Waals surface area contributed by atoms with Crippen LogP contribution in [0.4, 0.5) is 5.69 Å². The van der Waals surface area contributed by atoms with E-state index in [0.717, 1.165) is 5.56 Å². The maximum atomic E-state index is 12.2. The molecule has 0 radical (unpaired) electrons. The first-order valence-electron chi connectivity index (χ1n) is 5.64. The Bertz CT molecular complexity index is 643. The summed E-state index contributed by atoms with van der Waals surface area (Å²) in [6.45, 7) is 1.94. The fourth-order valence-electron chi connectivity index (χ4n) is 1.62. The number of anilines is 1. The molecule has 3 nitrogen and oxygen atoms in total. The summed E-state index contributed by atoms with van der Waals surface area (Å²) in [5.41, 5.74) is 1.49. The quantitative estimate of drug-likeness (QED) is 0.768. The molecule has 0 atom stereocenters. The van der Waals surface area contributed by atoms with Crippen molar-refractivity contribution in [2.45, 2.75) is 6.92 Å². The molecular formula is C14H10Cl3NO2. The van der Waals surface area contributed by atoms with Gasteiger partial charge in [-0.05, 0) is 25.1 Å². The summed E-state index contributed by atoms with van der Waals surface area (Å²) in [4.78, 5) is 12.2. The molecule has 6 heteroatoms. The number of hydrogen-bond acceptors (Lipinski definition) is 2. The molecule has 0 saturated carbocycles. The first-order valence-corrected chi connectivity index (χ1v) is 6.78. The number of aryl methyl sites for hydroxylation is 1. The van der Waals surface area contributed by atoms with Gasteiger partial charge in [-0.3, -0.25) is 4.79 Å². The summed E-state index contributed by atoms with van der Waals surface area (Å²) < 4.78 is 0. The van der Waals surface area contributed by atoms with Crippen LogP contribution >= 0.6 is 34.8 Å². The number of phenolic OH excluding ortho intramolecular Hbond substituents is 1. The molecule has 0 aliphatic rings. The highest BCUT2D eigenvalue weighted by atomic mass is 35.5. The van der Waals surface area contributed by atoms with Crippen molar-refractivity contribution in [1.82, 2.24) is 0 Å². The van der Waals surface area contributed by atoms with Crippen molar-refractivity contribution < 1.29 is 9.90 Å². The summed E-state index contributed by atoms with van der Waals surface area (Å²) in [6, 6.07) is 8.46. The molecule has 2 rings (SSSR count). The number of carbonyl (C=O) groups excluding carboxylic acids is 1. The molecule has 0 spiro atoms. The summed E-state index contributed by atoms with van der Waals surface area (Å²) in [7, 11) is 0. The standard InChI is InChI=1S/C14H10Cl3NO2/c1-7-2-4-8(5-3-7)18-14(20)11-12(17)9(15)6-10(16)13(11)19/h2-6,19H,1H3,(H,18,20). The van der Waals surface area contributed by atoms with Crippen molar-refractivity contribution in [2.24, 2.45) is 0 Å². The van der Waals surface area contributed by atoms with E-state index in [1.165, 1.54) is 6.07 Å². The summed E-state index contributed by atoms with van der Waals surface area (Å²) in [5, 5.41) is 12.5. The van der Waals surface area contributed by atoms with Gasteiger partial charge < -0.3 is 10.4 Å². The molecule has 0 fully saturated rings. The van der Waals surface area contributed by atoms with Crippen LogP contribution in [0.2, 0.25) is 15.1 Å². The molecule has 0 saturated heterocycles. The molecule has 20 heavy (non-hydrogen) atoms. The van der Waals surface area contributed by atoms with Gasteiger partial charge in [0.15, 0.2) is 0 Å². The molecule has 0 aliphatic heterocycles. The topological polar surface area (TPSA) is 49.3 Å². The second-order valence-corrected chi connectivity index (χ2v) is 5.39. The van der Waals surface area contributed by atoms with Crippen LogP contribution in [0.15, 0.2) is 30.3 Å². The lowest BCUT2D eigenvalue weighted by Crippen LogP contribution is -2.13. The van der Waals surface area contributed by atoms with Gasteiger partial charge in [-0.1, -0.05) is 52.5 Å². The van der Waals surface area contributed by atoms with E-state index in [0.29, 0.717) is 5.69 Å². The second-order valence-electron chi connectivity index (χ2n) is 4.20. The lowest BCUT2D eigenvalue weighted by molar-refractivity contribution is 0.102. The molecular weight excluding hydrogens is 321 g/mol. The van der Waals surface area contributed by atoms with Crippen LogP contribution in [0.25, 0.3) is 0 Å². The lowest BCUT2D eigenvalue weighted by Gasteiger charge is -2.11. The Kier molecular flexibility index (Phi) is 4.43. The maximum Gasteiger partial charge on any atom is 0.261 e. The highest BCUT2D eigenvalue weighted by molar-refractivity contribution is 6.46. The molecule has 2 aromatic carbocycles. The van der Waals surface area contributed by atoms with Crippen LogP contribution in [0.1, 0.15) is 15.9 Å². The van der Waals surface area contributed by atoms with Gasteiger partial charge in [0.1, 0.15) is 11.3 Å². The van der Waals surface area contributed by atoms with Gasteiger partial charge in [0.2, 0.25) is 0 Å². The van der Waals surface area contributed by atoms with Crippen molar-refractivity contribution in [3.05, 3.63) is 56.5 Å². The Morgan fingerprint density at radius 2 is 1.70 bits per heavy atom. The fraction of sp³-hybridized carbons (Fsp3) is 0.0714. The van der Waals surface area contributed by atoms with Gasteiger partial charge in [0.25, 0.3) is 5.91 Å². The van der Waals surface area contributed by atoms with Gasteiger partial charge in [0, 0.05) is 5.69 Å². The zero-order valence-electron chi connectivity index (χ0n) is 10.4. The number of hydrogen-bond donors (Lipinski definition) is 2. The average molecular weight is 331 g/mol. The van der Waals surface area contributed by atoms with E-state index in [9.17, 15) is 9.90 Å². The molecule has 104 valence electrons. The first-order chi connectivity index (χ1) is 9.40. The van der Waals surface area contributed by atoms with Crippen LogP contribution < -0.4 is 5.32 Å². The molecule has 0 aromatic heterocycles. The largest absolute Gasteiger partial charge is 0.505 e. The molecule has 0 aliphatic carbocycles. The highest BCUT2D eigenvalue weighted by Crippen LogP contribution is 2.38. The van der Waals surface area contributed by atoms with Crippen molar-refractivity contribution in [3.63, 3.8) is 0 Å². The van der Waals surface area contributed by atoms with E-state index >= 15 is 0 Å². The van der Waals surface area contributed by atoms with Gasteiger partial charge >= 0.3 is 0 Å². The van der Waals surface area contributed by atoms with E-state index in [2.05, 4.69) is 5.32 Å². The van der Waals surface area contributed by atoms with E-state index in [1.54, 1.807) is 12.1 Å². The summed E-state index contributed by atoms with van der Waals surface area (Å²) in [6.07, 6.45) is 0. The number of aromatic hydroxyl groups is 1. The Hall–Kier alpha value is -1.42. The highest BCUT2D eigenvalue weighted by Gasteiger charge is 2.21. The van der Waals surface area contributed by atoms with E-state index in [4.69, 9.17) is 34.8 Å². The monoisotopic (exact) mass is 329 g/mol. The number of phenols is 1. The van der Waals surface area contributed by atoms with Crippen LogP contribution in [-0.4, -0.2) is 11.0 Å². The Balaban J connectivity index is 2.37. The van der Waals surface area contributed by atoms with Crippen LogP contribution in [-0.2, 0) is 0 Å². The zero-order chi connectivity index (χ0) is 14.9. The first kappa shape index (κ1) is 15.0. The minimum atomic E-state index is -0.583. The van der Waals surface area contributed by atoms with Crippen LogP contribution in [0.3, 0.4) is 0 Å². The van der Waals surface area contributed by atoms with Gasteiger partial charge in [0.05, 0.1) is 15.1 Å². The Labute approximate surface area is 131 Å². The third kappa shape index (κ3) is 3.01. The third-order valence-corrected chi connectivity index (χ3v) is 3.76. The second kappa shape index (κ2) is 5.92. The molecule has 1 amide bonds. The number of amides is 1. The number of rotatable bonds is 2. The smallest absolute Gasteiger partial charge is 0.261 e. The lowest BCUT2D eigenvalue weighted by atomic mass is 10.1. The van der Waals surface area contributed by atoms with E-state index < -0.39 is 11.7 Å². The van der Waals surface area contributed by atoms with Crippen molar-refractivity contribution in [3.8, 4) is 5.75 Å². The summed E-state index contributed by atoms with van der Waals surface area (Å²) in [5.74, 6) is -0.980. The van der Waals surface area contributed by atoms with Crippen LogP contribution in [0.5, 0.6) is 5.75 Å². The minimum absolute atomic E-state index is 0.0338. The van der Waals surface area contributed by atoms with E-state index in [-0.39, 0.29) is 20.6 Å². The third-order valence-electron chi connectivity index (χ3n) is 2.68. The van der Waals surface area contributed by atoms with Gasteiger partial charge in [-0.25, -0.2) is 0 Å². The molecule has 0 heterocycles. The molecule has 0 bridgehead atoms. The van der Waals surface area contributed by atoms with Crippen molar-refractivity contribution >= 4 is 46.4 Å². The van der Waals surface area contributed by atoms with Gasteiger partial charge in [-0.2, -0.15) is 0 Å². The van der Waals surface area contributed by atoms with Crippen LogP contribution in [0, 0.1) is 6.92 Å². The number of carbonyl (C=O) groups is 1. The van der Waals surface area contributed by atoms with Gasteiger partial charge in [-0.15, -0.1) is 0 Å². The van der Waals surface area contributed by atoms with Crippen molar-refractivity contribution in [1.29, 1.82) is 0 Å². The predicted octanol–water partition coefficient (Wildman–Crippen LogP) is 4.91. The van der Waals surface area contributed by atoms with E-state index in [1.807, 2.05) is 19.1 Å². The molecule has 2 aromatic rings. The molecule has 0 unspecified atom stereocenters. The number of benzene rings is 2. The fourth-order valence-corrected chi connectivity index (χ4v) is 2.32. The number of nitrogens with one attached hydrogen (secondary N) is 1. The summed E-state index contributed by atoms with van der Waals surface area (Å²) >= 11 is 17.6. The van der Waals surface area contributed by atoms with Crippen molar-refractivity contribution in [2.75, 3.05) is 5.32 Å². The zero-order valence-corrected chi connectivity index (χ0v) is 12.6. The average Bonchev–Trinajstić information content (AvgIpc) is 2.39. The normalized spacial score (nSPS) is 10.4. The number of halogens is 3. The SMILES string of the molecule is Cc1ccc(NC(=O)c2c(O)c(Cl)cc(Cl)c2Cl)cc1.